The number of rotatable bonds is 1. The van der Waals surface area contributed by atoms with Crippen LogP contribution in [0, 0.1) is 20.8 Å². The Morgan fingerprint density at radius 1 is 1.05 bits per heavy atom. The minimum Gasteiger partial charge on any atom is -0.280 e. The second-order valence-corrected chi connectivity index (χ2v) is 6.35. The molecule has 0 fully saturated rings. The van der Waals surface area contributed by atoms with Crippen LogP contribution in [0.1, 0.15) is 16.3 Å². The summed E-state index contributed by atoms with van der Waals surface area (Å²) in [6, 6.07) is 8.15. The fraction of sp³-hybridized carbons (Fsp3) is 0.188. The molecule has 4 rings (SSSR count). The van der Waals surface area contributed by atoms with Crippen LogP contribution < -0.4 is 0 Å². The van der Waals surface area contributed by atoms with Crippen LogP contribution in [-0.4, -0.2) is 19.5 Å². The number of nitrogens with zero attached hydrogens (tertiary/aromatic N) is 4. The Morgan fingerprint density at radius 2 is 1.86 bits per heavy atom. The van der Waals surface area contributed by atoms with Gasteiger partial charge in [-0.1, -0.05) is 12.1 Å². The molecule has 104 valence electrons. The van der Waals surface area contributed by atoms with Crippen LogP contribution in [0.2, 0.25) is 0 Å². The Balaban J connectivity index is 2.16. The predicted octanol–water partition coefficient (Wildman–Crippen LogP) is 3.96. The number of imidazole rings is 1. The first-order valence-electron chi connectivity index (χ1n) is 6.82. The fourth-order valence-corrected chi connectivity index (χ4v) is 3.74. The summed E-state index contributed by atoms with van der Waals surface area (Å²) >= 11 is 1.72. The summed E-state index contributed by atoms with van der Waals surface area (Å²) in [5.41, 5.74) is 3.33. The van der Waals surface area contributed by atoms with E-state index in [1.165, 1.54) is 10.4 Å². The maximum absolute atomic E-state index is 4.64. The van der Waals surface area contributed by atoms with Gasteiger partial charge in [-0.05, 0) is 38.5 Å². The molecule has 4 nitrogen and oxygen atoms in total. The van der Waals surface area contributed by atoms with E-state index in [-0.39, 0.29) is 0 Å². The Morgan fingerprint density at radius 3 is 2.71 bits per heavy atom. The molecule has 21 heavy (non-hydrogen) atoms. The highest BCUT2D eigenvalue weighted by Crippen LogP contribution is 2.33. The molecule has 0 atom stereocenters. The molecule has 0 N–H and O–H groups in total. The SMILES string of the molecule is Cc1sc2ncnc(-n3c(C)nc4ccccc43)c2c1C. The molecule has 0 aliphatic carbocycles. The summed E-state index contributed by atoms with van der Waals surface area (Å²) in [5.74, 6) is 1.87. The van der Waals surface area contributed by atoms with Gasteiger partial charge >= 0.3 is 0 Å². The van der Waals surface area contributed by atoms with E-state index in [0.717, 1.165) is 32.9 Å². The molecule has 0 radical (unpaired) electrons. The number of hydrogen-bond acceptors (Lipinski definition) is 4. The van der Waals surface area contributed by atoms with E-state index in [4.69, 9.17) is 0 Å². The monoisotopic (exact) mass is 294 g/mol. The van der Waals surface area contributed by atoms with E-state index in [1.807, 2.05) is 25.1 Å². The molecular formula is C16H14N4S. The van der Waals surface area contributed by atoms with E-state index in [2.05, 4.69) is 39.4 Å². The molecule has 0 saturated heterocycles. The zero-order valence-corrected chi connectivity index (χ0v) is 12.9. The number of hydrogen-bond donors (Lipinski definition) is 0. The van der Waals surface area contributed by atoms with Gasteiger partial charge in [0.25, 0.3) is 0 Å². The first-order chi connectivity index (χ1) is 10.2. The van der Waals surface area contributed by atoms with Crippen LogP contribution in [0.15, 0.2) is 30.6 Å². The minimum atomic E-state index is 0.924. The number of aromatic nitrogens is 4. The van der Waals surface area contributed by atoms with Gasteiger partial charge in [0.15, 0.2) is 5.82 Å². The predicted molar refractivity (Wildman–Crippen MR) is 86.3 cm³/mol. The van der Waals surface area contributed by atoms with Crippen molar-refractivity contribution in [2.24, 2.45) is 0 Å². The number of thiophene rings is 1. The summed E-state index contributed by atoms with van der Waals surface area (Å²) in [5, 5.41) is 1.13. The van der Waals surface area contributed by atoms with Gasteiger partial charge in [0.05, 0.1) is 16.4 Å². The molecular weight excluding hydrogens is 280 g/mol. The lowest BCUT2D eigenvalue weighted by molar-refractivity contribution is 0.958. The molecule has 3 aromatic heterocycles. The number of fused-ring (bicyclic) bond motifs is 2. The topological polar surface area (TPSA) is 43.6 Å². The highest BCUT2D eigenvalue weighted by atomic mass is 32.1. The second kappa shape index (κ2) is 4.36. The zero-order chi connectivity index (χ0) is 14.6. The van der Waals surface area contributed by atoms with Crippen molar-refractivity contribution in [2.75, 3.05) is 0 Å². The molecule has 0 bridgehead atoms. The highest BCUT2D eigenvalue weighted by Gasteiger charge is 2.17. The van der Waals surface area contributed by atoms with Gasteiger partial charge in [0.1, 0.15) is 17.0 Å². The van der Waals surface area contributed by atoms with Crippen LogP contribution in [0.25, 0.3) is 27.1 Å². The Labute approximate surface area is 126 Å². The average Bonchev–Trinajstić information content (AvgIpc) is 2.96. The van der Waals surface area contributed by atoms with E-state index < -0.39 is 0 Å². The summed E-state index contributed by atoms with van der Waals surface area (Å²) in [6.45, 7) is 6.28. The van der Waals surface area contributed by atoms with Crippen molar-refractivity contribution in [3.05, 3.63) is 46.9 Å². The van der Waals surface area contributed by atoms with E-state index >= 15 is 0 Å². The summed E-state index contributed by atoms with van der Waals surface area (Å²) in [6.07, 6.45) is 1.64. The second-order valence-electron chi connectivity index (χ2n) is 5.14. The molecule has 0 spiro atoms. The molecule has 0 amide bonds. The molecule has 1 aromatic carbocycles. The summed E-state index contributed by atoms with van der Waals surface area (Å²) in [4.78, 5) is 15.9. The van der Waals surface area contributed by atoms with Crippen molar-refractivity contribution >= 4 is 32.6 Å². The molecule has 0 aliphatic rings. The smallest absolute Gasteiger partial charge is 0.151 e. The Hall–Kier alpha value is -2.27. The van der Waals surface area contributed by atoms with Gasteiger partial charge in [0.2, 0.25) is 0 Å². The number of para-hydroxylation sites is 2. The van der Waals surface area contributed by atoms with Gasteiger partial charge in [-0.3, -0.25) is 4.57 Å². The van der Waals surface area contributed by atoms with Crippen LogP contribution in [-0.2, 0) is 0 Å². The third-order valence-electron chi connectivity index (χ3n) is 3.89. The lowest BCUT2D eigenvalue weighted by Crippen LogP contribution is -2.01. The average molecular weight is 294 g/mol. The van der Waals surface area contributed by atoms with Crippen molar-refractivity contribution in [1.82, 2.24) is 19.5 Å². The molecule has 3 heterocycles. The van der Waals surface area contributed by atoms with Crippen molar-refractivity contribution < 1.29 is 0 Å². The fourth-order valence-electron chi connectivity index (χ4n) is 2.75. The lowest BCUT2D eigenvalue weighted by Gasteiger charge is -2.07. The van der Waals surface area contributed by atoms with Gasteiger partial charge in [-0.25, -0.2) is 15.0 Å². The molecule has 5 heteroatoms. The number of aryl methyl sites for hydroxylation is 3. The maximum atomic E-state index is 4.64. The third-order valence-corrected chi connectivity index (χ3v) is 5.00. The van der Waals surface area contributed by atoms with Crippen molar-refractivity contribution in [3.63, 3.8) is 0 Å². The van der Waals surface area contributed by atoms with Gasteiger partial charge in [-0.2, -0.15) is 0 Å². The van der Waals surface area contributed by atoms with Crippen LogP contribution in [0.5, 0.6) is 0 Å². The summed E-state index contributed by atoms with van der Waals surface area (Å²) in [7, 11) is 0. The minimum absolute atomic E-state index is 0.924. The summed E-state index contributed by atoms with van der Waals surface area (Å²) < 4.78 is 2.12. The van der Waals surface area contributed by atoms with Gasteiger partial charge < -0.3 is 0 Å². The van der Waals surface area contributed by atoms with Crippen molar-refractivity contribution in [1.29, 1.82) is 0 Å². The molecule has 0 unspecified atom stereocenters. The lowest BCUT2D eigenvalue weighted by atomic mass is 10.2. The van der Waals surface area contributed by atoms with Crippen molar-refractivity contribution in [3.8, 4) is 5.82 Å². The standard InChI is InChI=1S/C16H14N4S/c1-9-10(2)21-16-14(9)15(17-8-18-16)20-11(3)19-12-6-4-5-7-13(12)20/h4-8H,1-3H3. The highest BCUT2D eigenvalue weighted by molar-refractivity contribution is 7.18. The maximum Gasteiger partial charge on any atom is 0.151 e. The zero-order valence-electron chi connectivity index (χ0n) is 12.1. The van der Waals surface area contributed by atoms with E-state index in [9.17, 15) is 0 Å². The van der Waals surface area contributed by atoms with Gasteiger partial charge in [-0.15, -0.1) is 11.3 Å². The first-order valence-corrected chi connectivity index (χ1v) is 7.63. The molecule has 0 saturated carbocycles. The van der Waals surface area contributed by atoms with E-state index in [0.29, 0.717) is 0 Å². The van der Waals surface area contributed by atoms with Crippen LogP contribution >= 0.6 is 11.3 Å². The Kier molecular flexibility index (Phi) is 2.59. The normalized spacial score (nSPS) is 11.6. The first kappa shape index (κ1) is 12.5. The van der Waals surface area contributed by atoms with Crippen LogP contribution in [0.4, 0.5) is 0 Å². The number of benzene rings is 1. The molecule has 0 aliphatic heterocycles. The van der Waals surface area contributed by atoms with Crippen molar-refractivity contribution in [2.45, 2.75) is 20.8 Å². The molecule has 4 aromatic rings. The Bertz CT molecular complexity index is 981. The third kappa shape index (κ3) is 1.70. The van der Waals surface area contributed by atoms with Gasteiger partial charge in [0, 0.05) is 4.88 Å². The quantitative estimate of drug-likeness (QED) is 0.534. The van der Waals surface area contributed by atoms with E-state index in [1.54, 1.807) is 17.7 Å². The largest absolute Gasteiger partial charge is 0.280 e. The van der Waals surface area contributed by atoms with Crippen LogP contribution in [0.3, 0.4) is 0 Å².